The number of anilines is 1. The highest BCUT2D eigenvalue weighted by atomic mass is 19.1. The van der Waals surface area contributed by atoms with E-state index in [4.69, 9.17) is 13.9 Å². The fraction of sp³-hybridized carbons (Fsp3) is 0.478. The third-order valence-electron chi connectivity index (χ3n) is 6.42. The van der Waals surface area contributed by atoms with Gasteiger partial charge in [-0.2, -0.15) is 0 Å². The number of nitrogens with zero attached hydrogens (tertiary/aromatic N) is 1. The molecule has 1 aliphatic carbocycles. The Kier molecular flexibility index (Phi) is 4.32. The number of esters is 1. The van der Waals surface area contributed by atoms with E-state index in [1.165, 1.54) is 19.2 Å². The molecule has 2 aromatic rings. The average molecular weight is 428 g/mol. The first kappa shape index (κ1) is 19.9. The quantitative estimate of drug-likeness (QED) is 0.719. The summed E-state index contributed by atoms with van der Waals surface area (Å²) in [5.41, 5.74) is 0.696. The van der Waals surface area contributed by atoms with E-state index in [0.29, 0.717) is 11.3 Å². The highest BCUT2D eigenvalue weighted by molar-refractivity contribution is 5.82. The molecule has 0 bridgehead atoms. The maximum atomic E-state index is 14.2. The topological polar surface area (TPSA) is 81.0 Å². The maximum Gasteiger partial charge on any atom is 0.411 e. The molecule has 2 aliphatic heterocycles. The van der Waals surface area contributed by atoms with Crippen molar-refractivity contribution in [2.75, 3.05) is 12.4 Å². The van der Waals surface area contributed by atoms with Crippen molar-refractivity contribution in [2.45, 2.75) is 44.5 Å². The number of piperidine rings is 1. The zero-order chi connectivity index (χ0) is 22.1. The van der Waals surface area contributed by atoms with Crippen molar-refractivity contribution in [3.63, 3.8) is 0 Å². The Morgan fingerprint density at radius 3 is 2.61 bits per heavy atom. The van der Waals surface area contributed by atoms with Crippen molar-refractivity contribution in [1.82, 2.24) is 4.90 Å². The van der Waals surface area contributed by atoms with Crippen LogP contribution in [0.1, 0.15) is 44.2 Å². The number of fused-ring (bicyclic) bond motifs is 5. The Morgan fingerprint density at radius 2 is 1.97 bits per heavy atom. The van der Waals surface area contributed by atoms with Crippen LogP contribution in [0.3, 0.4) is 0 Å². The third-order valence-corrected chi connectivity index (χ3v) is 6.42. The van der Waals surface area contributed by atoms with Crippen LogP contribution in [-0.2, 0) is 14.3 Å². The lowest BCUT2D eigenvalue weighted by Gasteiger charge is -2.42. The van der Waals surface area contributed by atoms with Gasteiger partial charge in [-0.3, -0.25) is 9.69 Å². The van der Waals surface area contributed by atoms with E-state index in [1.54, 1.807) is 44.1 Å². The minimum atomic E-state index is -0.710. The zero-order valence-electron chi connectivity index (χ0n) is 17.8. The zero-order valence-corrected chi connectivity index (χ0v) is 17.8. The van der Waals surface area contributed by atoms with Crippen LogP contribution in [-0.4, -0.2) is 35.7 Å². The molecule has 2 fully saturated rings. The van der Waals surface area contributed by atoms with Crippen molar-refractivity contribution in [1.29, 1.82) is 0 Å². The molecule has 6 atom stereocenters. The molecule has 1 aromatic carbocycles. The van der Waals surface area contributed by atoms with Crippen LogP contribution in [0.4, 0.5) is 14.9 Å². The molecular weight excluding hydrogens is 403 g/mol. The summed E-state index contributed by atoms with van der Waals surface area (Å²) in [6.45, 7) is 5.38. The molecule has 3 aliphatic rings. The molecule has 5 rings (SSSR count). The maximum absolute atomic E-state index is 14.2. The minimum absolute atomic E-state index is 0.149. The number of carbonyl (C=O) groups is 2. The molecule has 0 radical (unpaired) electrons. The van der Waals surface area contributed by atoms with E-state index >= 15 is 0 Å². The van der Waals surface area contributed by atoms with Gasteiger partial charge in [0.1, 0.15) is 17.2 Å². The lowest BCUT2D eigenvalue weighted by atomic mass is 9.78. The van der Waals surface area contributed by atoms with E-state index in [1.807, 2.05) is 6.07 Å². The van der Waals surface area contributed by atoms with E-state index < -0.39 is 23.7 Å². The molecule has 1 amide bonds. The second-order valence-corrected chi connectivity index (χ2v) is 9.40. The Bertz CT molecular complexity index is 1030. The highest BCUT2D eigenvalue weighted by Crippen LogP contribution is 2.67. The van der Waals surface area contributed by atoms with Gasteiger partial charge in [-0.1, -0.05) is 0 Å². The second-order valence-electron chi connectivity index (χ2n) is 9.40. The monoisotopic (exact) mass is 428 g/mol. The summed E-state index contributed by atoms with van der Waals surface area (Å²) in [6, 6.07) is 7.07. The van der Waals surface area contributed by atoms with Crippen LogP contribution >= 0.6 is 0 Å². The van der Waals surface area contributed by atoms with E-state index in [0.717, 1.165) is 5.69 Å². The third kappa shape index (κ3) is 3.07. The number of likely N-dealkylation sites (tertiary alicyclic amines) is 1. The average Bonchev–Trinajstić information content (AvgIpc) is 3.05. The van der Waals surface area contributed by atoms with Crippen LogP contribution in [0.2, 0.25) is 0 Å². The van der Waals surface area contributed by atoms with Crippen LogP contribution in [0.5, 0.6) is 0 Å². The molecule has 8 heteroatoms. The number of hydrogen-bond acceptors (Lipinski definition) is 6. The van der Waals surface area contributed by atoms with Gasteiger partial charge in [-0.15, -0.1) is 0 Å². The summed E-state index contributed by atoms with van der Waals surface area (Å²) in [4.78, 5) is 27.4. The van der Waals surface area contributed by atoms with Crippen LogP contribution in [0.25, 0.3) is 0 Å². The summed E-state index contributed by atoms with van der Waals surface area (Å²) in [5, 5.41) is 3.45. The number of nitrogens with one attached hydrogen (secondary N) is 1. The van der Waals surface area contributed by atoms with Crippen molar-refractivity contribution in [3.05, 3.63) is 53.7 Å². The molecule has 31 heavy (non-hydrogen) atoms. The van der Waals surface area contributed by atoms with Gasteiger partial charge in [0.25, 0.3) is 0 Å². The van der Waals surface area contributed by atoms with Gasteiger partial charge in [-0.25, -0.2) is 9.18 Å². The normalized spacial score (nSPS) is 30.5. The molecular formula is C23H25FN2O5. The van der Waals surface area contributed by atoms with Crippen molar-refractivity contribution >= 4 is 17.7 Å². The molecule has 1 unspecified atom stereocenters. The standard InChI is InChI=1S/C23H25FN2O5/c1-23(2,3)31-22(28)26-19-12-10-11(24)7-8-13(12)25-18(14-6-5-9-30-14)16(19)15-17(20(15)26)21(27)29-4/h5-10,15-20,25H,1-4H3/t15-,16-,17?,18+,19+,20-/m1/s1. The Hall–Kier alpha value is -3.03. The number of rotatable bonds is 2. The Balaban J connectivity index is 1.63. The molecule has 7 nitrogen and oxygen atoms in total. The highest BCUT2D eigenvalue weighted by Gasteiger charge is 2.74. The fourth-order valence-electron chi connectivity index (χ4n) is 5.37. The largest absolute Gasteiger partial charge is 0.469 e. The number of ether oxygens (including phenoxy) is 2. The van der Waals surface area contributed by atoms with Gasteiger partial charge in [0.15, 0.2) is 0 Å². The van der Waals surface area contributed by atoms with Gasteiger partial charge >= 0.3 is 12.1 Å². The van der Waals surface area contributed by atoms with Crippen LogP contribution < -0.4 is 5.32 Å². The number of furan rings is 1. The predicted molar refractivity (Wildman–Crippen MR) is 109 cm³/mol. The van der Waals surface area contributed by atoms with E-state index in [2.05, 4.69) is 5.32 Å². The van der Waals surface area contributed by atoms with Crippen molar-refractivity contribution < 1.29 is 27.9 Å². The number of amides is 1. The van der Waals surface area contributed by atoms with Gasteiger partial charge < -0.3 is 19.2 Å². The molecule has 1 saturated carbocycles. The Morgan fingerprint density at radius 1 is 1.19 bits per heavy atom. The van der Waals surface area contributed by atoms with Gasteiger partial charge in [0.05, 0.1) is 37.4 Å². The van der Waals surface area contributed by atoms with Crippen molar-refractivity contribution in [3.8, 4) is 0 Å². The molecule has 1 saturated heterocycles. The first-order chi connectivity index (χ1) is 14.7. The fourth-order valence-corrected chi connectivity index (χ4v) is 5.37. The first-order valence-corrected chi connectivity index (χ1v) is 10.4. The first-order valence-electron chi connectivity index (χ1n) is 10.4. The lowest BCUT2D eigenvalue weighted by molar-refractivity contribution is -0.143. The molecule has 1 aromatic heterocycles. The number of methoxy groups -OCH3 is 1. The second kappa shape index (κ2) is 6.73. The number of halogens is 1. The number of carbonyl (C=O) groups excluding carboxylic acids is 2. The SMILES string of the molecule is COC(=O)C1[C@H]2[C@@H]3[C@H](c4ccco4)Nc4ccc(F)cc4[C@@H]3N(C(=O)OC(C)(C)C)[C@@H]12. The minimum Gasteiger partial charge on any atom is -0.469 e. The summed E-state index contributed by atoms with van der Waals surface area (Å²) in [5.74, 6) is -0.848. The van der Waals surface area contributed by atoms with Gasteiger partial charge in [0.2, 0.25) is 0 Å². The van der Waals surface area contributed by atoms with E-state index in [-0.39, 0.29) is 35.7 Å². The smallest absolute Gasteiger partial charge is 0.411 e. The van der Waals surface area contributed by atoms with E-state index in [9.17, 15) is 14.0 Å². The molecule has 1 N–H and O–H groups in total. The summed E-state index contributed by atoms with van der Waals surface area (Å²) < 4.78 is 30.6. The molecule has 0 spiro atoms. The molecule has 3 heterocycles. The predicted octanol–water partition coefficient (Wildman–Crippen LogP) is 4.28. The van der Waals surface area contributed by atoms with Crippen LogP contribution in [0, 0.1) is 23.6 Å². The summed E-state index contributed by atoms with van der Waals surface area (Å²) in [7, 11) is 1.35. The van der Waals surface area contributed by atoms with Gasteiger partial charge in [0, 0.05) is 23.1 Å². The van der Waals surface area contributed by atoms with Gasteiger partial charge in [-0.05, 0) is 51.1 Å². The summed E-state index contributed by atoms with van der Waals surface area (Å²) >= 11 is 0. The number of hydrogen-bond donors (Lipinski definition) is 1. The lowest BCUT2D eigenvalue weighted by Crippen LogP contribution is -2.44. The van der Waals surface area contributed by atoms with Crippen LogP contribution in [0.15, 0.2) is 41.0 Å². The Labute approximate surface area is 179 Å². The van der Waals surface area contributed by atoms with Crippen molar-refractivity contribution in [2.24, 2.45) is 17.8 Å². The number of benzene rings is 1. The summed E-state index contributed by atoms with van der Waals surface area (Å²) in [6.07, 6.45) is 1.08. The molecule has 164 valence electrons.